The quantitative estimate of drug-likeness (QED) is 0.698. The van der Waals surface area contributed by atoms with Gasteiger partial charge in [0.15, 0.2) is 0 Å². The van der Waals surface area contributed by atoms with E-state index in [1.807, 2.05) is 26.8 Å². The molecule has 0 heterocycles. The van der Waals surface area contributed by atoms with Crippen LogP contribution in [0.1, 0.15) is 25.0 Å². The van der Waals surface area contributed by atoms with E-state index in [1.165, 1.54) is 0 Å². The van der Waals surface area contributed by atoms with Crippen LogP contribution in [0, 0.1) is 6.92 Å². The van der Waals surface area contributed by atoms with Crippen LogP contribution in [0.5, 0.6) is 5.75 Å². The van der Waals surface area contributed by atoms with E-state index in [9.17, 15) is 9.90 Å². The number of carbonyl (C=O) groups is 1. The lowest BCUT2D eigenvalue weighted by Crippen LogP contribution is -2.43. The highest BCUT2D eigenvalue weighted by atomic mass is 16.3. The third-order valence-electron chi connectivity index (χ3n) is 2.51. The van der Waals surface area contributed by atoms with Crippen molar-refractivity contribution in [3.63, 3.8) is 0 Å². The van der Waals surface area contributed by atoms with Crippen molar-refractivity contribution in [2.75, 3.05) is 7.05 Å². The van der Waals surface area contributed by atoms with Crippen LogP contribution in [-0.2, 0) is 11.2 Å². The number of phenolic OH excluding ortho intramolecular Hbond substituents is 1. The van der Waals surface area contributed by atoms with E-state index < -0.39 is 0 Å². The second-order valence-electron chi connectivity index (χ2n) is 3.67. The maximum atomic E-state index is 11.4. The van der Waals surface area contributed by atoms with Gasteiger partial charge in [-0.2, -0.15) is 0 Å². The Morgan fingerprint density at radius 3 is 2.50 bits per heavy atom. The molecule has 0 aliphatic rings. The van der Waals surface area contributed by atoms with Gasteiger partial charge in [-0.1, -0.05) is 26.0 Å². The molecule has 0 unspecified atom stereocenters. The van der Waals surface area contributed by atoms with Crippen LogP contribution >= 0.6 is 0 Å². The minimum absolute atomic E-state index is 0.256. The first-order valence-corrected chi connectivity index (χ1v) is 6.04. The molecule has 1 aromatic rings. The van der Waals surface area contributed by atoms with Gasteiger partial charge in [0.1, 0.15) is 5.75 Å². The highest BCUT2D eigenvalue weighted by molar-refractivity contribution is 6.15. The number of hydrogen-bond acceptors (Lipinski definition) is 3. The summed E-state index contributed by atoms with van der Waals surface area (Å²) >= 11 is 0. The molecule has 1 rings (SSSR count). The molecule has 18 heavy (non-hydrogen) atoms. The molecular formula is C13H21BN2O2. The minimum atomic E-state index is -0.367. The standard InChI is InChI=1S/C11H15BN2O2.C2H6/c1-7-5-8(3-4-10(7)15)6-9(13-2)11(16)14-12;1-2/h3-5,9,13,15H,6H2,1-2H3,(H,14,16);1-2H3/t9-;/m0./s1. The van der Waals surface area contributed by atoms with Crippen LogP contribution in [-0.4, -0.2) is 32.1 Å². The Hall–Kier alpha value is -1.49. The highest BCUT2D eigenvalue weighted by Crippen LogP contribution is 2.17. The maximum Gasteiger partial charge on any atom is 0.226 e. The van der Waals surface area contributed by atoms with Crippen molar-refractivity contribution in [1.29, 1.82) is 0 Å². The van der Waals surface area contributed by atoms with Crippen LogP contribution < -0.4 is 10.5 Å². The summed E-state index contributed by atoms with van der Waals surface area (Å²) < 4.78 is 0. The number of aryl methyl sites for hydroxylation is 1. The molecule has 0 aliphatic carbocycles. The van der Waals surface area contributed by atoms with Gasteiger partial charge in [-0.15, -0.1) is 0 Å². The Morgan fingerprint density at radius 1 is 1.44 bits per heavy atom. The van der Waals surface area contributed by atoms with Crippen molar-refractivity contribution < 1.29 is 9.90 Å². The summed E-state index contributed by atoms with van der Waals surface area (Å²) in [4.78, 5) is 11.4. The summed E-state index contributed by atoms with van der Waals surface area (Å²) in [6.07, 6.45) is 0.528. The molecule has 2 radical (unpaired) electrons. The molecule has 5 heteroatoms. The summed E-state index contributed by atoms with van der Waals surface area (Å²) in [6, 6.07) is 4.89. The van der Waals surface area contributed by atoms with E-state index in [0.717, 1.165) is 11.1 Å². The van der Waals surface area contributed by atoms with Crippen LogP contribution in [0.4, 0.5) is 0 Å². The number of amides is 1. The van der Waals surface area contributed by atoms with E-state index in [0.29, 0.717) is 6.42 Å². The van der Waals surface area contributed by atoms with E-state index in [4.69, 9.17) is 7.98 Å². The third kappa shape index (κ3) is 4.79. The average molecular weight is 248 g/mol. The predicted octanol–water partition coefficient (Wildman–Crippen LogP) is 1.06. The molecule has 4 nitrogen and oxygen atoms in total. The zero-order chi connectivity index (χ0) is 14.1. The van der Waals surface area contributed by atoms with E-state index in [2.05, 4.69) is 10.5 Å². The van der Waals surface area contributed by atoms with Crippen LogP contribution in [0.25, 0.3) is 0 Å². The first kappa shape index (κ1) is 16.5. The molecule has 0 spiro atoms. The molecule has 98 valence electrons. The Kier molecular flexibility index (Phi) is 7.87. The van der Waals surface area contributed by atoms with Crippen molar-refractivity contribution >= 4 is 13.9 Å². The molecule has 0 aliphatic heterocycles. The summed E-state index contributed by atoms with van der Waals surface area (Å²) in [6.45, 7) is 5.82. The number of nitrogens with one attached hydrogen (secondary N) is 2. The lowest BCUT2D eigenvalue weighted by molar-refractivity contribution is -0.121. The first-order valence-electron chi connectivity index (χ1n) is 6.04. The SMILES string of the molecule is CC.[B]NC(=O)[C@H](Cc1ccc(O)c(C)c1)NC. The maximum absolute atomic E-state index is 11.4. The lowest BCUT2D eigenvalue weighted by atomic mass is 10.0. The number of likely N-dealkylation sites (N-methyl/N-ethyl adjacent to an activating group) is 1. The number of aromatic hydroxyl groups is 1. The molecule has 1 atom stereocenters. The molecule has 0 saturated heterocycles. The van der Waals surface area contributed by atoms with Gasteiger partial charge in [0.05, 0.1) is 6.04 Å². The fraction of sp³-hybridized carbons (Fsp3) is 0.462. The third-order valence-corrected chi connectivity index (χ3v) is 2.51. The number of carbonyl (C=O) groups excluding carboxylic acids is 1. The van der Waals surface area contributed by atoms with Crippen LogP contribution in [0.2, 0.25) is 0 Å². The zero-order valence-electron chi connectivity index (χ0n) is 11.4. The lowest BCUT2D eigenvalue weighted by Gasteiger charge is -2.15. The van der Waals surface area contributed by atoms with Crippen molar-refractivity contribution in [2.24, 2.45) is 0 Å². The highest BCUT2D eigenvalue weighted by Gasteiger charge is 2.15. The second-order valence-corrected chi connectivity index (χ2v) is 3.67. The number of phenols is 1. The van der Waals surface area contributed by atoms with E-state index >= 15 is 0 Å². The molecule has 0 bridgehead atoms. The zero-order valence-corrected chi connectivity index (χ0v) is 11.4. The minimum Gasteiger partial charge on any atom is -0.508 e. The molecule has 0 fully saturated rings. The van der Waals surface area contributed by atoms with Gasteiger partial charge >= 0.3 is 0 Å². The largest absolute Gasteiger partial charge is 0.508 e. The summed E-state index contributed by atoms with van der Waals surface area (Å²) in [7, 11) is 6.78. The van der Waals surface area contributed by atoms with Crippen molar-refractivity contribution in [2.45, 2.75) is 33.2 Å². The average Bonchev–Trinajstić information content (AvgIpc) is 2.41. The molecule has 0 saturated carbocycles. The van der Waals surface area contributed by atoms with Gasteiger partial charge in [0, 0.05) is 0 Å². The molecule has 3 N–H and O–H groups in total. The van der Waals surface area contributed by atoms with Gasteiger partial charge in [-0.25, -0.2) is 0 Å². The topological polar surface area (TPSA) is 61.4 Å². The van der Waals surface area contributed by atoms with Gasteiger partial charge < -0.3 is 15.7 Å². The van der Waals surface area contributed by atoms with Crippen molar-refractivity contribution in [3.05, 3.63) is 29.3 Å². The fourth-order valence-corrected chi connectivity index (χ4v) is 1.51. The summed E-state index contributed by atoms with van der Waals surface area (Å²) in [5, 5.41) is 14.4. The number of benzene rings is 1. The second kappa shape index (κ2) is 8.58. The van der Waals surface area contributed by atoms with Gasteiger partial charge in [-0.05, 0) is 37.6 Å². The molecule has 1 aromatic carbocycles. The predicted molar refractivity (Wildman–Crippen MR) is 74.6 cm³/mol. The smallest absolute Gasteiger partial charge is 0.226 e. The normalized spacial score (nSPS) is 11.1. The Morgan fingerprint density at radius 2 is 2.06 bits per heavy atom. The van der Waals surface area contributed by atoms with Crippen molar-refractivity contribution in [3.8, 4) is 5.75 Å². The summed E-state index contributed by atoms with van der Waals surface area (Å²) in [5.41, 5.74) is 1.76. The van der Waals surface area contributed by atoms with E-state index in [-0.39, 0.29) is 17.7 Å². The Labute approximate surface area is 110 Å². The number of hydrogen-bond donors (Lipinski definition) is 3. The Bertz CT molecular complexity index is 383. The van der Waals surface area contributed by atoms with E-state index in [1.54, 1.807) is 19.2 Å². The van der Waals surface area contributed by atoms with Gasteiger partial charge in [0.25, 0.3) is 0 Å². The number of rotatable bonds is 4. The summed E-state index contributed by atoms with van der Waals surface area (Å²) in [5.74, 6) is 0.00117. The molecular weight excluding hydrogens is 227 g/mol. The first-order chi connectivity index (χ1) is 8.58. The molecule has 1 amide bonds. The van der Waals surface area contributed by atoms with Gasteiger partial charge in [-0.3, -0.25) is 4.79 Å². The fourth-order valence-electron chi connectivity index (χ4n) is 1.51. The Balaban J connectivity index is 0.00000137. The van der Waals surface area contributed by atoms with Gasteiger partial charge in [0.2, 0.25) is 13.9 Å². The van der Waals surface area contributed by atoms with Crippen LogP contribution in [0.3, 0.4) is 0 Å². The van der Waals surface area contributed by atoms with Crippen LogP contribution in [0.15, 0.2) is 18.2 Å². The van der Waals surface area contributed by atoms with Crippen molar-refractivity contribution in [1.82, 2.24) is 10.5 Å². The molecule has 0 aromatic heterocycles. The monoisotopic (exact) mass is 248 g/mol.